The molecule has 1 heterocycles. The number of aromatic nitrogens is 2. The molecule has 0 fully saturated rings. The van der Waals surface area contributed by atoms with Crippen molar-refractivity contribution in [2.24, 2.45) is 0 Å². The van der Waals surface area contributed by atoms with Gasteiger partial charge in [-0.25, -0.2) is 0 Å². The molecule has 0 aromatic carbocycles. The number of ether oxygens (including phenoxy) is 1. The van der Waals surface area contributed by atoms with E-state index in [9.17, 15) is 0 Å². The molecule has 4 nitrogen and oxygen atoms in total. The maximum Gasteiger partial charge on any atom is 0.0762 e. The van der Waals surface area contributed by atoms with Crippen molar-refractivity contribution >= 4 is 11.6 Å². The van der Waals surface area contributed by atoms with Crippen LogP contribution in [0.15, 0.2) is 12.3 Å². The van der Waals surface area contributed by atoms with Crippen LogP contribution in [0.1, 0.15) is 38.4 Å². The molecule has 18 heavy (non-hydrogen) atoms. The molecular formula is C13H24ClN3O. The molecule has 1 rings (SSSR count). The van der Waals surface area contributed by atoms with Crippen LogP contribution < -0.4 is 5.32 Å². The molecule has 0 radical (unpaired) electrons. The molecule has 1 aromatic rings. The van der Waals surface area contributed by atoms with Crippen LogP contribution in [0.2, 0.25) is 0 Å². The Balaban J connectivity index is 2.10. The van der Waals surface area contributed by atoms with E-state index in [1.807, 2.05) is 4.68 Å². The lowest BCUT2D eigenvalue weighted by atomic mass is 10.3. The maximum absolute atomic E-state index is 5.51. The summed E-state index contributed by atoms with van der Waals surface area (Å²) in [4.78, 5) is 0. The molecule has 1 atom stereocenters. The molecule has 0 saturated carbocycles. The van der Waals surface area contributed by atoms with E-state index in [4.69, 9.17) is 16.3 Å². The van der Waals surface area contributed by atoms with Crippen molar-refractivity contribution in [2.75, 3.05) is 25.6 Å². The second kappa shape index (κ2) is 9.36. The molecule has 0 bridgehead atoms. The van der Waals surface area contributed by atoms with Crippen molar-refractivity contribution in [1.29, 1.82) is 0 Å². The first-order valence-corrected chi connectivity index (χ1v) is 7.19. The first-order chi connectivity index (χ1) is 8.77. The highest BCUT2D eigenvalue weighted by Gasteiger charge is 2.03. The van der Waals surface area contributed by atoms with Crippen LogP contribution in [0.5, 0.6) is 0 Å². The molecule has 1 unspecified atom stereocenters. The average molecular weight is 274 g/mol. The fourth-order valence-corrected chi connectivity index (χ4v) is 1.69. The maximum atomic E-state index is 5.51. The van der Waals surface area contributed by atoms with Gasteiger partial charge in [0.25, 0.3) is 0 Å². The van der Waals surface area contributed by atoms with E-state index in [2.05, 4.69) is 36.5 Å². The lowest BCUT2D eigenvalue weighted by Gasteiger charge is -2.08. The fraction of sp³-hybridized carbons (Fsp3) is 0.769. The smallest absolute Gasteiger partial charge is 0.0762 e. The Morgan fingerprint density at radius 2 is 2.33 bits per heavy atom. The van der Waals surface area contributed by atoms with Gasteiger partial charge in [-0.05, 0) is 32.4 Å². The van der Waals surface area contributed by atoms with E-state index in [1.54, 1.807) is 0 Å². The zero-order chi connectivity index (χ0) is 13.2. The normalized spacial score (nSPS) is 12.8. The molecule has 0 spiro atoms. The second-order valence-corrected chi connectivity index (χ2v) is 4.75. The van der Waals surface area contributed by atoms with Crippen molar-refractivity contribution in [2.45, 2.75) is 39.3 Å². The monoisotopic (exact) mass is 273 g/mol. The number of alkyl halides is 1. The molecule has 1 aromatic heterocycles. The van der Waals surface area contributed by atoms with Crippen LogP contribution in [0.4, 0.5) is 0 Å². The minimum atomic E-state index is 0.475. The molecule has 0 aliphatic heterocycles. The highest BCUT2D eigenvalue weighted by atomic mass is 35.5. The van der Waals surface area contributed by atoms with Crippen LogP contribution in [0.3, 0.4) is 0 Å². The number of rotatable bonds is 10. The first kappa shape index (κ1) is 15.5. The fourth-order valence-electron chi connectivity index (χ4n) is 1.58. The van der Waals surface area contributed by atoms with E-state index < -0.39 is 0 Å². The predicted octanol–water partition coefficient (Wildman–Crippen LogP) is 2.59. The third-order valence-corrected chi connectivity index (χ3v) is 3.03. The minimum Gasteiger partial charge on any atom is -0.380 e. The summed E-state index contributed by atoms with van der Waals surface area (Å²) in [6, 6.07) is 2.55. The summed E-state index contributed by atoms with van der Waals surface area (Å²) in [5.74, 6) is 0.570. The highest BCUT2D eigenvalue weighted by Crippen LogP contribution is 2.08. The van der Waals surface area contributed by atoms with Gasteiger partial charge in [0.1, 0.15) is 0 Å². The highest BCUT2D eigenvalue weighted by molar-refractivity contribution is 6.17. The number of hydrogen-bond donors (Lipinski definition) is 1. The Hall–Kier alpha value is -0.580. The van der Waals surface area contributed by atoms with Gasteiger partial charge in [-0.1, -0.05) is 6.92 Å². The largest absolute Gasteiger partial charge is 0.380 e. The van der Waals surface area contributed by atoms with Gasteiger partial charge in [0.05, 0.1) is 12.3 Å². The number of halogens is 1. The molecule has 0 aliphatic carbocycles. The molecule has 104 valence electrons. The molecular weight excluding hydrogens is 250 g/mol. The van der Waals surface area contributed by atoms with Gasteiger partial charge < -0.3 is 10.1 Å². The van der Waals surface area contributed by atoms with Crippen LogP contribution in [0, 0.1) is 0 Å². The third kappa shape index (κ3) is 5.85. The SMILES string of the molecule is CCC(C)n1ccc(CNCCCOCCCl)n1. The molecule has 0 amide bonds. The van der Waals surface area contributed by atoms with E-state index >= 15 is 0 Å². The van der Waals surface area contributed by atoms with Gasteiger partial charge in [-0.2, -0.15) is 5.10 Å². The molecule has 1 N–H and O–H groups in total. The van der Waals surface area contributed by atoms with Crippen LogP contribution >= 0.6 is 11.6 Å². The van der Waals surface area contributed by atoms with Crippen LogP contribution in [-0.2, 0) is 11.3 Å². The van der Waals surface area contributed by atoms with Crippen molar-refractivity contribution in [3.05, 3.63) is 18.0 Å². The topological polar surface area (TPSA) is 39.1 Å². The first-order valence-electron chi connectivity index (χ1n) is 6.66. The number of hydrogen-bond acceptors (Lipinski definition) is 3. The Labute approximate surface area is 115 Å². The summed E-state index contributed by atoms with van der Waals surface area (Å²) >= 11 is 5.51. The predicted molar refractivity (Wildman–Crippen MR) is 75.1 cm³/mol. The Morgan fingerprint density at radius 3 is 3.06 bits per heavy atom. The van der Waals surface area contributed by atoms with Crippen LogP contribution in [-0.4, -0.2) is 35.4 Å². The molecule has 0 aliphatic rings. The number of nitrogens with zero attached hydrogens (tertiary/aromatic N) is 2. The van der Waals surface area contributed by atoms with Gasteiger partial charge in [0.15, 0.2) is 0 Å². The summed E-state index contributed by atoms with van der Waals surface area (Å²) in [6.07, 6.45) is 4.16. The molecule has 5 heteroatoms. The van der Waals surface area contributed by atoms with Gasteiger partial charge >= 0.3 is 0 Å². The van der Waals surface area contributed by atoms with Gasteiger partial charge in [-0.3, -0.25) is 4.68 Å². The van der Waals surface area contributed by atoms with Gasteiger partial charge in [0.2, 0.25) is 0 Å². The van der Waals surface area contributed by atoms with Crippen molar-refractivity contribution in [1.82, 2.24) is 15.1 Å². The standard InChI is InChI=1S/C13H24ClN3O/c1-3-12(2)17-8-5-13(16-17)11-15-7-4-9-18-10-6-14/h5,8,12,15H,3-4,6-7,9-11H2,1-2H3. The van der Waals surface area contributed by atoms with E-state index in [1.165, 1.54) is 0 Å². The van der Waals surface area contributed by atoms with E-state index in [0.717, 1.165) is 38.2 Å². The Morgan fingerprint density at radius 1 is 1.50 bits per heavy atom. The van der Waals surface area contributed by atoms with Gasteiger partial charge in [0, 0.05) is 31.3 Å². The van der Waals surface area contributed by atoms with Crippen molar-refractivity contribution < 1.29 is 4.74 Å². The zero-order valence-corrected chi connectivity index (χ0v) is 12.1. The second-order valence-electron chi connectivity index (χ2n) is 4.38. The summed E-state index contributed by atoms with van der Waals surface area (Å²) in [6.45, 7) is 7.52. The van der Waals surface area contributed by atoms with Crippen LogP contribution in [0.25, 0.3) is 0 Å². The third-order valence-electron chi connectivity index (χ3n) is 2.88. The lowest BCUT2D eigenvalue weighted by molar-refractivity contribution is 0.146. The summed E-state index contributed by atoms with van der Waals surface area (Å²) in [5.41, 5.74) is 1.09. The van der Waals surface area contributed by atoms with E-state index in [-0.39, 0.29) is 0 Å². The molecule has 0 saturated heterocycles. The van der Waals surface area contributed by atoms with Gasteiger partial charge in [-0.15, -0.1) is 11.6 Å². The minimum absolute atomic E-state index is 0.475. The summed E-state index contributed by atoms with van der Waals surface area (Å²) in [5, 5.41) is 7.89. The summed E-state index contributed by atoms with van der Waals surface area (Å²) in [7, 11) is 0. The Kier molecular flexibility index (Phi) is 8.05. The number of nitrogens with one attached hydrogen (secondary N) is 1. The quantitative estimate of drug-likeness (QED) is 0.526. The zero-order valence-electron chi connectivity index (χ0n) is 11.4. The average Bonchev–Trinajstić information content (AvgIpc) is 2.85. The van der Waals surface area contributed by atoms with E-state index in [0.29, 0.717) is 18.5 Å². The Bertz CT molecular complexity index is 317. The van der Waals surface area contributed by atoms with Crippen molar-refractivity contribution in [3.8, 4) is 0 Å². The summed E-state index contributed by atoms with van der Waals surface area (Å²) < 4.78 is 7.32. The van der Waals surface area contributed by atoms with Crippen molar-refractivity contribution in [3.63, 3.8) is 0 Å². The lowest BCUT2D eigenvalue weighted by Crippen LogP contribution is -2.17.